The zero-order valence-corrected chi connectivity index (χ0v) is 16.8. The van der Waals surface area contributed by atoms with Gasteiger partial charge < -0.3 is 9.47 Å². The normalized spacial score (nSPS) is 10.9. The zero-order chi connectivity index (χ0) is 19.2. The molecular formula is C20H16BrClN2O3. The minimum absolute atomic E-state index is 0.203. The number of hydrogen-bond acceptors (Lipinski definition) is 4. The number of halogens is 2. The molecule has 7 heteroatoms. The molecule has 1 amide bonds. The maximum atomic E-state index is 12.0. The van der Waals surface area contributed by atoms with Crippen molar-refractivity contribution in [2.45, 2.75) is 0 Å². The third-order valence-corrected chi connectivity index (χ3v) is 4.57. The van der Waals surface area contributed by atoms with E-state index in [4.69, 9.17) is 21.1 Å². The van der Waals surface area contributed by atoms with Crippen molar-refractivity contribution in [2.75, 3.05) is 13.7 Å². The lowest BCUT2D eigenvalue weighted by molar-refractivity contribution is -0.123. The number of amides is 1. The van der Waals surface area contributed by atoms with Crippen molar-refractivity contribution >= 4 is 50.4 Å². The number of carbonyl (C=O) groups is 1. The molecular weight excluding hydrogens is 432 g/mol. The smallest absolute Gasteiger partial charge is 0.277 e. The Balaban J connectivity index is 1.66. The van der Waals surface area contributed by atoms with Gasteiger partial charge >= 0.3 is 0 Å². The Morgan fingerprint density at radius 2 is 1.96 bits per heavy atom. The predicted octanol–water partition coefficient (Wildman–Crippen LogP) is 4.79. The van der Waals surface area contributed by atoms with Crippen LogP contribution in [0.15, 0.2) is 64.2 Å². The van der Waals surface area contributed by atoms with E-state index in [1.807, 2.05) is 36.4 Å². The Hall–Kier alpha value is -2.57. The molecule has 3 aromatic carbocycles. The van der Waals surface area contributed by atoms with Crippen molar-refractivity contribution in [3.8, 4) is 11.5 Å². The van der Waals surface area contributed by atoms with Gasteiger partial charge in [-0.2, -0.15) is 5.10 Å². The van der Waals surface area contributed by atoms with E-state index in [1.165, 1.54) is 0 Å². The van der Waals surface area contributed by atoms with E-state index in [1.54, 1.807) is 31.5 Å². The second kappa shape index (κ2) is 8.88. The van der Waals surface area contributed by atoms with E-state index >= 15 is 0 Å². The monoisotopic (exact) mass is 446 g/mol. The number of carbonyl (C=O) groups excluding carboxylic acids is 1. The summed E-state index contributed by atoms with van der Waals surface area (Å²) < 4.78 is 11.6. The first kappa shape index (κ1) is 19.2. The van der Waals surface area contributed by atoms with Gasteiger partial charge in [-0.3, -0.25) is 4.79 Å². The molecule has 138 valence electrons. The SMILES string of the molecule is COc1ccc2ccccc2c1/C=N/NC(=O)COc1ccc(Br)cc1Cl. The van der Waals surface area contributed by atoms with Gasteiger partial charge in [0.1, 0.15) is 11.5 Å². The molecule has 0 saturated carbocycles. The van der Waals surface area contributed by atoms with Gasteiger partial charge in [-0.1, -0.05) is 57.9 Å². The molecule has 0 unspecified atom stereocenters. The van der Waals surface area contributed by atoms with Crippen molar-refractivity contribution < 1.29 is 14.3 Å². The van der Waals surface area contributed by atoms with Gasteiger partial charge in [-0.25, -0.2) is 5.43 Å². The topological polar surface area (TPSA) is 59.9 Å². The molecule has 0 spiro atoms. The molecule has 27 heavy (non-hydrogen) atoms. The second-order valence-electron chi connectivity index (χ2n) is 5.56. The largest absolute Gasteiger partial charge is 0.496 e. The highest BCUT2D eigenvalue weighted by Gasteiger charge is 2.08. The van der Waals surface area contributed by atoms with Crippen molar-refractivity contribution in [3.63, 3.8) is 0 Å². The summed E-state index contributed by atoms with van der Waals surface area (Å²) in [5.41, 5.74) is 3.23. The van der Waals surface area contributed by atoms with Gasteiger partial charge in [0.25, 0.3) is 5.91 Å². The van der Waals surface area contributed by atoms with Gasteiger partial charge in [0.15, 0.2) is 6.61 Å². The Bertz CT molecular complexity index is 1010. The number of nitrogens with one attached hydrogen (secondary N) is 1. The van der Waals surface area contributed by atoms with Crippen LogP contribution in [-0.2, 0) is 4.79 Å². The summed E-state index contributed by atoms with van der Waals surface area (Å²) in [6, 6.07) is 16.9. The molecule has 3 aromatic rings. The maximum absolute atomic E-state index is 12.0. The van der Waals surface area contributed by atoms with Gasteiger partial charge in [-0.05, 0) is 35.0 Å². The van der Waals surface area contributed by atoms with Crippen LogP contribution in [0.5, 0.6) is 11.5 Å². The van der Waals surface area contributed by atoms with Crippen LogP contribution in [0, 0.1) is 0 Å². The summed E-state index contributed by atoms with van der Waals surface area (Å²) in [7, 11) is 1.59. The van der Waals surface area contributed by atoms with Gasteiger partial charge in [-0.15, -0.1) is 0 Å². The molecule has 3 rings (SSSR count). The third-order valence-electron chi connectivity index (χ3n) is 3.79. The highest BCUT2D eigenvalue weighted by molar-refractivity contribution is 9.10. The van der Waals surface area contributed by atoms with Gasteiger partial charge in [0.2, 0.25) is 0 Å². The average molecular weight is 448 g/mol. The number of benzene rings is 3. The first-order valence-electron chi connectivity index (χ1n) is 8.04. The summed E-state index contributed by atoms with van der Waals surface area (Å²) in [5.74, 6) is 0.698. The molecule has 0 aliphatic carbocycles. The van der Waals surface area contributed by atoms with Crippen LogP contribution in [0.2, 0.25) is 5.02 Å². The first-order chi connectivity index (χ1) is 13.1. The van der Waals surface area contributed by atoms with E-state index in [-0.39, 0.29) is 6.61 Å². The lowest BCUT2D eigenvalue weighted by Gasteiger charge is -2.09. The molecule has 0 bridgehead atoms. The van der Waals surface area contributed by atoms with E-state index in [9.17, 15) is 4.79 Å². The van der Waals surface area contributed by atoms with Crippen LogP contribution in [-0.4, -0.2) is 25.8 Å². The highest BCUT2D eigenvalue weighted by atomic mass is 79.9. The fourth-order valence-corrected chi connectivity index (χ4v) is 3.25. The lowest BCUT2D eigenvalue weighted by atomic mass is 10.0. The molecule has 0 aliphatic heterocycles. The summed E-state index contributed by atoms with van der Waals surface area (Å²) in [5, 5.41) is 6.48. The second-order valence-corrected chi connectivity index (χ2v) is 6.88. The van der Waals surface area contributed by atoms with E-state index in [0.717, 1.165) is 20.8 Å². The Morgan fingerprint density at radius 3 is 2.74 bits per heavy atom. The third kappa shape index (κ3) is 4.78. The van der Waals surface area contributed by atoms with Crippen LogP contribution in [0.25, 0.3) is 10.8 Å². The molecule has 0 fully saturated rings. The van der Waals surface area contributed by atoms with Crippen LogP contribution < -0.4 is 14.9 Å². The Kier molecular flexibility index (Phi) is 6.32. The summed E-state index contributed by atoms with van der Waals surface area (Å²) in [6.07, 6.45) is 1.56. The molecule has 0 atom stereocenters. The van der Waals surface area contributed by atoms with Crippen molar-refractivity contribution in [1.29, 1.82) is 0 Å². The number of ether oxygens (including phenoxy) is 2. The van der Waals surface area contributed by atoms with Crippen molar-refractivity contribution in [1.82, 2.24) is 5.43 Å². The minimum atomic E-state index is -0.399. The fourth-order valence-electron chi connectivity index (χ4n) is 2.52. The number of hydrogen-bond donors (Lipinski definition) is 1. The number of nitrogens with zero attached hydrogens (tertiary/aromatic N) is 1. The van der Waals surface area contributed by atoms with Crippen LogP contribution >= 0.6 is 27.5 Å². The van der Waals surface area contributed by atoms with Crippen LogP contribution in [0.4, 0.5) is 0 Å². The minimum Gasteiger partial charge on any atom is -0.496 e. The predicted molar refractivity (Wildman–Crippen MR) is 111 cm³/mol. The number of fused-ring (bicyclic) bond motifs is 1. The number of rotatable bonds is 6. The maximum Gasteiger partial charge on any atom is 0.277 e. The summed E-state index contributed by atoms with van der Waals surface area (Å²) in [4.78, 5) is 12.0. The number of methoxy groups -OCH3 is 1. The van der Waals surface area contributed by atoms with Crippen LogP contribution in [0.3, 0.4) is 0 Å². The molecule has 0 aliphatic rings. The molecule has 0 saturated heterocycles. The van der Waals surface area contributed by atoms with E-state index < -0.39 is 5.91 Å². The molecule has 0 aromatic heterocycles. The molecule has 1 N–H and O–H groups in total. The molecule has 5 nitrogen and oxygen atoms in total. The summed E-state index contributed by atoms with van der Waals surface area (Å²) >= 11 is 9.37. The number of hydrazone groups is 1. The van der Waals surface area contributed by atoms with E-state index in [2.05, 4.69) is 26.5 Å². The Morgan fingerprint density at radius 1 is 1.19 bits per heavy atom. The average Bonchev–Trinajstić information content (AvgIpc) is 2.67. The zero-order valence-electron chi connectivity index (χ0n) is 14.4. The van der Waals surface area contributed by atoms with Crippen molar-refractivity contribution in [2.24, 2.45) is 5.10 Å². The molecule has 0 heterocycles. The fraction of sp³-hybridized carbons (Fsp3) is 0.100. The van der Waals surface area contributed by atoms with Gasteiger partial charge in [0, 0.05) is 10.0 Å². The van der Waals surface area contributed by atoms with Crippen molar-refractivity contribution in [3.05, 3.63) is 69.7 Å². The molecule has 0 radical (unpaired) electrons. The summed E-state index contributed by atoms with van der Waals surface area (Å²) in [6.45, 7) is -0.203. The lowest BCUT2D eigenvalue weighted by Crippen LogP contribution is -2.24. The van der Waals surface area contributed by atoms with E-state index in [0.29, 0.717) is 16.5 Å². The van der Waals surface area contributed by atoms with Gasteiger partial charge in [0.05, 0.1) is 18.3 Å². The Labute approximate surface area is 170 Å². The highest BCUT2D eigenvalue weighted by Crippen LogP contribution is 2.28. The van der Waals surface area contributed by atoms with Crippen LogP contribution in [0.1, 0.15) is 5.56 Å². The quantitative estimate of drug-likeness (QED) is 0.436. The standard InChI is InChI=1S/C20H16BrClN2O3/c1-26-18-8-6-13-4-2-3-5-15(13)16(18)11-23-24-20(25)12-27-19-9-7-14(21)10-17(19)22/h2-11H,12H2,1H3,(H,24,25)/b23-11+. The first-order valence-corrected chi connectivity index (χ1v) is 9.21.